The zero-order valence-electron chi connectivity index (χ0n) is 11.0. The number of nitrogens with one attached hydrogen (secondary N) is 1. The fourth-order valence-electron chi connectivity index (χ4n) is 2.93. The highest BCUT2D eigenvalue weighted by atomic mass is 32.2. The lowest BCUT2D eigenvalue weighted by atomic mass is 9.93. The molecule has 0 radical (unpaired) electrons. The molecule has 7 heteroatoms. The molecule has 3 atom stereocenters. The van der Waals surface area contributed by atoms with Crippen LogP contribution in [0.25, 0.3) is 0 Å². The Balaban J connectivity index is 1.73. The van der Waals surface area contributed by atoms with Gasteiger partial charge in [-0.25, -0.2) is 8.42 Å². The molecule has 1 N–H and O–H groups in total. The van der Waals surface area contributed by atoms with Crippen molar-refractivity contribution in [3.8, 4) is 0 Å². The fourth-order valence-corrected chi connectivity index (χ4v) is 4.67. The summed E-state index contributed by atoms with van der Waals surface area (Å²) in [6.07, 6.45) is 2.60. The molecule has 0 saturated carbocycles. The van der Waals surface area contributed by atoms with Crippen LogP contribution in [0.4, 0.5) is 0 Å². The Bertz CT molecular complexity index is 554. The van der Waals surface area contributed by atoms with E-state index in [4.69, 9.17) is 4.52 Å². The average Bonchev–Trinajstić information content (AvgIpc) is 2.95. The molecule has 3 unspecified atom stereocenters. The van der Waals surface area contributed by atoms with Gasteiger partial charge >= 0.3 is 0 Å². The third kappa shape index (κ3) is 2.81. The van der Waals surface area contributed by atoms with Gasteiger partial charge in [-0.1, -0.05) is 5.16 Å². The van der Waals surface area contributed by atoms with E-state index in [1.54, 1.807) is 0 Å². The molecule has 0 aromatic carbocycles. The first-order valence-corrected chi connectivity index (χ1v) is 8.63. The number of sulfone groups is 1. The number of nitrogens with zero attached hydrogens (tertiary/aromatic N) is 2. The topological polar surface area (TPSA) is 85.1 Å². The normalized spacial score (nSPS) is 34.5. The summed E-state index contributed by atoms with van der Waals surface area (Å²) in [6, 6.07) is 0.459. The van der Waals surface area contributed by atoms with E-state index in [1.165, 1.54) is 0 Å². The van der Waals surface area contributed by atoms with Gasteiger partial charge in [-0.2, -0.15) is 4.98 Å². The molecule has 0 amide bonds. The number of piperidine rings is 1. The molecule has 0 aliphatic carbocycles. The van der Waals surface area contributed by atoms with Crippen LogP contribution in [0.5, 0.6) is 0 Å². The number of hydrogen-bond donors (Lipinski definition) is 1. The molecule has 3 heterocycles. The highest BCUT2D eigenvalue weighted by molar-refractivity contribution is 7.91. The molecule has 0 spiro atoms. The van der Waals surface area contributed by atoms with Crippen molar-refractivity contribution in [2.45, 2.75) is 44.1 Å². The van der Waals surface area contributed by atoms with E-state index >= 15 is 0 Å². The lowest BCUT2D eigenvalue weighted by Gasteiger charge is -2.25. The minimum Gasteiger partial charge on any atom is -0.339 e. The second-order valence-electron chi connectivity index (χ2n) is 5.67. The zero-order valence-corrected chi connectivity index (χ0v) is 11.8. The molecular weight excluding hydrogens is 266 g/mol. The maximum Gasteiger partial charge on any atom is 0.229 e. The maximum absolute atomic E-state index is 11.5. The summed E-state index contributed by atoms with van der Waals surface area (Å²) < 4.78 is 28.3. The van der Waals surface area contributed by atoms with Crippen LogP contribution in [0.2, 0.25) is 0 Å². The Kier molecular flexibility index (Phi) is 3.34. The van der Waals surface area contributed by atoms with Crippen LogP contribution in [0.1, 0.15) is 49.7 Å². The fraction of sp³-hybridized carbons (Fsp3) is 0.833. The van der Waals surface area contributed by atoms with Gasteiger partial charge in [0.2, 0.25) is 5.89 Å². The molecule has 3 rings (SSSR count). The van der Waals surface area contributed by atoms with Crippen LogP contribution < -0.4 is 5.32 Å². The number of rotatable bonds is 2. The van der Waals surface area contributed by atoms with Crippen molar-refractivity contribution in [3.05, 3.63) is 11.7 Å². The number of hydrogen-bond acceptors (Lipinski definition) is 6. The van der Waals surface area contributed by atoms with E-state index in [9.17, 15) is 8.42 Å². The maximum atomic E-state index is 11.5. The first-order valence-electron chi connectivity index (χ1n) is 6.81. The van der Waals surface area contributed by atoms with E-state index in [0.29, 0.717) is 30.1 Å². The summed E-state index contributed by atoms with van der Waals surface area (Å²) in [7, 11) is -2.90. The van der Waals surface area contributed by atoms with E-state index in [0.717, 1.165) is 19.4 Å². The summed E-state index contributed by atoms with van der Waals surface area (Å²) in [5, 5.41) is 7.38. The van der Waals surface area contributed by atoms with Gasteiger partial charge in [0, 0.05) is 17.9 Å². The second-order valence-corrected chi connectivity index (χ2v) is 7.90. The average molecular weight is 285 g/mol. The molecule has 2 fully saturated rings. The third-order valence-electron chi connectivity index (χ3n) is 4.03. The van der Waals surface area contributed by atoms with Crippen LogP contribution in [-0.2, 0) is 9.84 Å². The number of aromatic nitrogens is 2. The first-order chi connectivity index (χ1) is 9.03. The summed E-state index contributed by atoms with van der Waals surface area (Å²) in [4.78, 5) is 4.45. The SMILES string of the molecule is CC1CC(c2nc(C3CCS(=O)(=O)C3)no2)CCN1. The molecule has 0 bridgehead atoms. The van der Waals surface area contributed by atoms with Crippen LogP contribution in [-0.4, -0.2) is 42.7 Å². The standard InChI is InChI=1S/C12H19N3O3S/c1-8-6-9(2-4-13-8)12-14-11(15-18-12)10-3-5-19(16,17)7-10/h8-10,13H,2-7H2,1H3. The van der Waals surface area contributed by atoms with Gasteiger partial charge in [0.15, 0.2) is 15.7 Å². The van der Waals surface area contributed by atoms with Crippen LogP contribution in [0.15, 0.2) is 4.52 Å². The Morgan fingerprint density at radius 2 is 2.16 bits per heavy atom. The molecular formula is C12H19N3O3S. The van der Waals surface area contributed by atoms with E-state index in [-0.39, 0.29) is 17.4 Å². The van der Waals surface area contributed by atoms with Crippen molar-refractivity contribution in [2.75, 3.05) is 18.1 Å². The predicted molar refractivity (Wildman–Crippen MR) is 69.7 cm³/mol. The van der Waals surface area contributed by atoms with Crippen molar-refractivity contribution in [1.82, 2.24) is 15.5 Å². The van der Waals surface area contributed by atoms with E-state index in [2.05, 4.69) is 22.4 Å². The predicted octanol–water partition coefficient (Wildman–Crippen LogP) is 0.827. The molecule has 2 aliphatic rings. The van der Waals surface area contributed by atoms with Crippen molar-refractivity contribution < 1.29 is 12.9 Å². The highest BCUT2D eigenvalue weighted by Crippen LogP contribution is 2.30. The second kappa shape index (κ2) is 4.86. The smallest absolute Gasteiger partial charge is 0.229 e. The Morgan fingerprint density at radius 1 is 1.32 bits per heavy atom. The van der Waals surface area contributed by atoms with Crippen molar-refractivity contribution >= 4 is 9.84 Å². The van der Waals surface area contributed by atoms with Gasteiger partial charge in [-0.05, 0) is 32.7 Å². The summed E-state index contributed by atoms with van der Waals surface area (Å²) in [5.41, 5.74) is 0. The Labute approximate surface area is 112 Å². The van der Waals surface area contributed by atoms with Gasteiger partial charge in [0.05, 0.1) is 11.5 Å². The van der Waals surface area contributed by atoms with Gasteiger partial charge in [-0.3, -0.25) is 0 Å². The zero-order chi connectivity index (χ0) is 13.5. The highest BCUT2D eigenvalue weighted by Gasteiger charge is 2.33. The lowest BCUT2D eigenvalue weighted by Crippen LogP contribution is -2.34. The van der Waals surface area contributed by atoms with Crippen LogP contribution in [0.3, 0.4) is 0 Å². The molecule has 106 valence electrons. The van der Waals surface area contributed by atoms with Crippen molar-refractivity contribution in [2.24, 2.45) is 0 Å². The van der Waals surface area contributed by atoms with Gasteiger partial charge < -0.3 is 9.84 Å². The minimum atomic E-state index is -2.90. The van der Waals surface area contributed by atoms with Crippen molar-refractivity contribution in [1.29, 1.82) is 0 Å². The molecule has 2 aliphatic heterocycles. The summed E-state index contributed by atoms with van der Waals surface area (Å²) in [6.45, 7) is 3.11. The van der Waals surface area contributed by atoms with E-state index < -0.39 is 9.84 Å². The minimum absolute atomic E-state index is 0.0818. The summed E-state index contributed by atoms with van der Waals surface area (Å²) in [5.74, 6) is 1.87. The third-order valence-corrected chi connectivity index (χ3v) is 5.80. The molecule has 1 aromatic heterocycles. The first kappa shape index (κ1) is 13.1. The Morgan fingerprint density at radius 3 is 2.84 bits per heavy atom. The molecule has 1 aromatic rings. The quantitative estimate of drug-likeness (QED) is 0.866. The molecule has 6 nitrogen and oxygen atoms in total. The lowest BCUT2D eigenvalue weighted by molar-refractivity contribution is 0.294. The van der Waals surface area contributed by atoms with Gasteiger partial charge in [0.25, 0.3) is 0 Å². The largest absolute Gasteiger partial charge is 0.339 e. The Hall–Kier alpha value is -0.950. The van der Waals surface area contributed by atoms with Crippen LogP contribution >= 0.6 is 0 Å². The monoisotopic (exact) mass is 285 g/mol. The van der Waals surface area contributed by atoms with Gasteiger partial charge in [0.1, 0.15) is 0 Å². The van der Waals surface area contributed by atoms with Crippen LogP contribution in [0, 0.1) is 0 Å². The van der Waals surface area contributed by atoms with Crippen molar-refractivity contribution in [3.63, 3.8) is 0 Å². The van der Waals surface area contributed by atoms with Gasteiger partial charge in [-0.15, -0.1) is 0 Å². The molecule has 2 saturated heterocycles. The van der Waals surface area contributed by atoms with E-state index in [1.807, 2.05) is 0 Å². The molecule has 19 heavy (non-hydrogen) atoms. The summed E-state index contributed by atoms with van der Waals surface area (Å²) >= 11 is 0.